The van der Waals surface area contributed by atoms with E-state index in [0.29, 0.717) is 4.20 Å². The molecule has 3 atom stereocenters. The van der Waals surface area contributed by atoms with E-state index in [4.69, 9.17) is 24.4 Å². The number of carbonyl (C=O) groups excluding carboxylic acids is 2. The Morgan fingerprint density at radius 3 is 2.23 bits per heavy atom. The highest BCUT2D eigenvalue weighted by Crippen LogP contribution is 2.36. The van der Waals surface area contributed by atoms with Crippen LogP contribution in [0.5, 0.6) is 0 Å². The first kappa shape index (κ1) is 22.0. The van der Waals surface area contributed by atoms with Gasteiger partial charge in [-0.25, -0.2) is 4.79 Å². The summed E-state index contributed by atoms with van der Waals surface area (Å²) in [6.45, 7) is 0. The molecule has 2 aliphatic heterocycles. The molecule has 26 heavy (non-hydrogen) atoms. The molecule has 0 aromatic heterocycles. The first-order chi connectivity index (χ1) is 12.2. The van der Waals surface area contributed by atoms with Crippen LogP contribution in [-0.2, 0) is 19.2 Å². The van der Waals surface area contributed by atoms with Crippen molar-refractivity contribution in [2.75, 3.05) is 23.0 Å². The first-order valence-corrected chi connectivity index (χ1v) is 12.4. The largest absolute Gasteiger partial charge is 0.481 e. The Morgan fingerprint density at radius 2 is 1.77 bits per heavy atom. The molecule has 0 bridgehead atoms. The number of hydrogen-bond acceptors (Lipinski definition) is 10. The van der Waals surface area contributed by atoms with E-state index < -0.39 is 29.8 Å². The molecule has 2 fully saturated rings. The molecule has 0 radical (unpaired) electrons. The molecule has 2 N–H and O–H groups in total. The van der Waals surface area contributed by atoms with E-state index in [1.165, 1.54) is 11.8 Å². The van der Waals surface area contributed by atoms with Gasteiger partial charge in [-0.1, -0.05) is 57.8 Å². The lowest BCUT2D eigenvalue weighted by Gasteiger charge is -2.23. The Bertz CT molecular complexity index is 582. The molecule has 1 amide bonds. The maximum Gasteiger partial charge on any atom is 0.327 e. The minimum atomic E-state index is -1.17. The fourth-order valence-electron chi connectivity index (χ4n) is 2.31. The average Bonchev–Trinajstić information content (AvgIpc) is 3.06. The second-order valence-electron chi connectivity index (χ2n) is 5.24. The molecule has 0 unspecified atom stereocenters. The summed E-state index contributed by atoms with van der Waals surface area (Å²) in [5.74, 6) is -4.08. The molecule has 2 rings (SSSR count). The highest BCUT2D eigenvalue weighted by Gasteiger charge is 2.41. The van der Waals surface area contributed by atoms with E-state index in [-0.39, 0.29) is 39.0 Å². The Morgan fingerprint density at radius 1 is 1.12 bits per heavy atom. The van der Waals surface area contributed by atoms with Gasteiger partial charge < -0.3 is 10.2 Å². The van der Waals surface area contributed by atoms with Crippen molar-refractivity contribution >= 4 is 102 Å². The summed E-state index contributed by atoms with van der Waals surface area (Å²) < 4.78 is 0.622. The van der Waals surface area contributed by atoms with Gasteiger partial charge in [-0.15, -0.1) is 11.8 Å². The van der Waals surface area contributed by atoms with Crippen molar-refractivity contribution in [3.63, 3.8) is 0 Å². The number of aliphatic carboxylic acids is 2. The summed E-state index contributed by atoms with van der Waals surface area (Å²) in [5.41, 5.74) is 0. The van der Waals surface area contributed by atoms with E-state index in [1.54, 1.807) is 0 Å². The number of carboxylic acids is 2. The van der Waals surface area contributed by atoms with Crippen molar-refractivity contribution in [2.45, 2.75) is 6.04 Å². The lowest BCUT2D eigenvalue weighted by Crippen LogP contribution is -2.45. The van der Waals surface area contributed by atoms with Crippen LogP contribution in [0.1, 0.15) is 0 Å². The fraction of sp³-hybridized carbons (Fsp3) is 0.538. The zero-order valence-corrected chi connectivity index (χ0v) is 17.9. The number of carbonyl (C=O) groups is 4. The van der Waals surface area contributed by atoms with Crippen LogP contribution in [0.3, 0.4) is 0 Å². The number of hydrogen-bond donors (Lipinski definition) is 2. The normalized spacial score (nSPS) is 22.8. The maximum absolute atomic E-state index is 11.9. The zero-order chi connectivity index (χ0) is 19.4. The number of carboxylic acid groups (broad SMARTS) is 2. The topological polar surface area (TPSA) is 112 Å². The summed E-state index contributed by atoms with van der Waals surface area (Å²) in [6, 6.07) is -1.10. The van der Waals surface area contributed by atoms with Gasteiger partial charge in [0.05, 0.1) is 27.5 Å². The van der Waals surface area contributed by atoms with E-state index in [2.05, 4.69) is 0 Å². The molecule has 13 heteroatoms. The Balaban J connectivity index is 1.92. The second kappa shape index (κ2) is 9.73. The van der Waals surface area contributed by atoms with Gasteiger partial charge >= 0.3 is 11.9 Å². The summed E-state index contributed by atoms with van der Waals surface area (Å²) >= 11 is 12.4. The molecular weight excluding hydrogens is 459 g/mol. The van der Waals surface area contributed by atoms with Gasteiger partial charge in [0.15, 0.2) is 5.78 Å². The number of Topliss-reactive ketones (excluding diaryl/α,β-unsaturated/α-hetero) is 1. The number of rotatable bonds is 9. The molecule has 2 aliphatic rings. The molecule has 0 aromatic carbocycles. The van der Waals surface area contributed by atoms with Crippen LogP contribution in [0.2, 0.25) is 0 Å². The predicted octanol–water partition coefficient (Wildman–Crippen LogP) is 1.64. The van der Waals surface area contributed by atoms with Gasteiger partial charge in [0.1, 0.15) is 10.4 Å². The lowest BCUT2D eigenvalue weighted by molar-refractivity contribution is -0.144. The van der Waals surface area contributed by atoms with Crippen molar-refractivity contribution in [1.29, 1.82) is 0 Å². The van der Waals surface area contributed by atoms with Gasteiger partial charge in [-0.3, -0.25) is 19.3 Å². The minimum Gasteiger partial charge on any atom is -0.481 e. The van der Waals surface area contributed by atoms with Crippen LogP contribution >= 0.6 is 69.5 Å². The minimum absolute atomic E-state index is 0.0522. The quantitative estimate of drug-likeness (QED) is 0.290. The third-order valence-electron chi connectivity index (χ3n) is 3.62. The zero-order valence-electron chi connectivity index (χ0n) is 13.0. The summed E-state index contributed by atoms with van der Waals surface area (Å²) in [4.78, 5) is 47.8. The summed E-state index contributed by atoms with van der Waals surface area (Å²) in [7, 11) is 2.29. The molecule has 142 valence electrons. The smallest absolute Gasteiger partial charge is 0.327 e. The number of nitrogens with zero attached hydrogens (tertiary/aromatic N) is 1. The SMILES string of the molecule is O=C1CSC(=S)[C@H]1[C@H](CSSC[C@@H](C(=O)O)N1C(=O)CSC1=S)C(=O)O. The molecule has 0 saturated carbocycles. The van der Waals surface area contributed by atoms with Crippen molar-refractivity contribution in [2.24, 2.45) is 11.8 Å². The van der Waals surface area contributed by atoms with Crippen molar-refractivity contribution in [3.8, 4) is 0 Å². The first-order valence-electron chi connectivity index (χ1n) is 7.12. The molecule has 2 heterocycles. The number of amides is 1. The van der Waals surface area contributed by atoms with Gasteiger partial charge in [-0.2, -0.15) is 0 Å². The molecule has 0 spiro atoms. The third kappa shape index (κ3) is 5.13. The highest BCUT2D eigenvalue weighted by molar-refractivity contribution is 8.76. The van der Waals surface area contributed by atoms with Gasteiger partial charge in [0, 0.05) is 11.5 Å². The Hall–Kier alpha value is -0.340. The number of thiocarbonyl (C=S) groups is 2. The summed E-state index contributed by atoms with van der Waals surface area (Å²) in [5, 5.41) is 18.8. The van der Waals surface area contributed by atoms with Crippen LogP contribution < -0.4 is 0 Å². The van der Waals surface area contributed by atoms with Crippen LogP contribution in [0.25, 0.3) is 0 Å². The van der Waals surface area contributed by atoms with E-state index in [0.717, 1.165) is 38.2 Å². The Labute approximate surface area is 176 Å². The number of thioether (sulfide) groups is 2. The number of ketones is 1. The van der Waals surface area contributed by atoms with Gasteiger partial charge in [0.25, 0.3) is 0 Å². The molecule has 0 aromatic rings. The average molecular weight is 472 g/mol. The van der Waals surface area contributed by atoms with Crippen LogP contribution in [0.15, 0.2) is 0 Å². The summed E-state index contributed by atoms with van der Waals surface area (Å²) in [6.07, 6.45) is 0. The second-order valence-corrected chi connectivity index (χ2v) is 11.1. The lowest BCUT2D eigenvalue weighted by atomic mass is 9.92. The highest BCUT2D eigenvalue weighted by atomic mass is 33.1. The van der Waals surface area contributed by atoms with Crippen LogP contribution in [0, 0.1) is 11.8 Å². The molecule has 2 saturated heterocycles. The van der Waals surface area contributed by atoms with Crippen LogP contribution in [-0.4, -0.2) is 76.3 Å². The fourth-order valence-corrected chi connectivity index (χ4v) is 7.38. The van der Waals surface area contributed by atoms with Gasteiger partial charge in [0.2, 0.25) is 5.91 Å². The monoisotopic (exact) mass is 471 g/mol. The van der Waals surface area contributed by atoms with Crippen LogP contribution in [0.4, 0.5) is 0 Å². The maximum atomic E-state index is 11.9. The Kier molecular flexibility index (Phi) is 8.22. The predicted molar refractivity (Wildman–Crippen MR) is 113 cm³/mol. The molecular formula is C13H13NO6S6. The van der Waals surface area contributed by atoms with Crippen molar-refractivity contribution < 1.29 is 29.4 Å². The standard InChI is InChI=1S/C13H13NO6S6/c15-7-3-23-12(21)9(7)5(10(17)18)1-25-26-2-6(11(19)20)14-8(16)4-24-13(14)22/h5-6,9H,1-4H2,(H,17,18)(H,19,20)/t5-,6-,9-/m0/s1. The van der Waals surface area contributed by atoms with E-state index in [9.17, 15) is 29.4 Å². The molecule has 0 aliphatic carbocycles. The molecule has 7 nitrogen and oxygen atoms in total. The third-order valence-corrected chi connectivity index (χ3v) is 9.01. The van der Waals surface area contributed by atoms with E-state index in [1.807, 2.05) is 0 Å². The van der Waals surface area contributed by atoms with Gasteiger partial charge in [-0.05, 0) is 0 Å². The van der Waals surface area contributed by atoms with E-state index >= 15 is 0 Å². The van der Waals surface area contributed by atoms with Crippen molar-refractivity contribution in [1.82, 2.24) is 4.90 Å². The van der Waals surface area contributed by atoms with Crippen molar-refractivity contribution in [3.05, 3.63) is 0 Å².